The predicted octanol–water partition coefficient (Wildman–Crippen LogP) is 1.28. The minimum absolute atomic E-state index is 0.159. The van der Waals surface area contributed by atoms with Crippen LogP contribution in [0.4, 0.5) is 0 Å². The van der Waals surface area contributed by atoms with Crippen molar-refractivity contribution >= 4 is 11.8 Å². The molecule has 0 aromatic heterocycles. The number of nitrogens with zero attached hydrogens (tertiary/aromatic N) is 1. The lowest BCUT2D eigenvalue weighted by Gasteiger charge is -2.30. The molecule has 0 aromatic rings. The van der Waals surface area contributed by atoms with Crippen LogP contribution in [-0.4, -0.2) is 48.9 Å². The number of nitrogens with one attached hydrogen (secondary N) is 2. The first-order valence-electron chi connectivity index (χ1n) is 8.53. The van der Waals surface area contributed by atoms with Gasteiger partial charge in [-0.25, -0.2) is 0 Å². The SMILES string of the molecule is CCC(NC(=O)C(=O)N1CCCNCC1)C1CCCCC1. The molecule has 5 heteroatoms. The first-order chi connectivity index (χ1) is 10.2. The molecular weight excluding hydrogens is 266 g/mol. The fourth-order valence-corrected chi connectivity index (χ4v) is 3.51. The Hall–Kier alpha value is -1.10. The van der Waals surface area contributed by atoms with Crippen molar-refractivity contribution < 1.29 is 9.59 Å². The first kappa shape index (κ1) is 16.3. The van der Waals surface area contributed by atoms with Crippen molar-refractivity contribution in [3.8, 4) is 0 Å². The zero-order valence-corrected chi connectivity index (χ0v) is 13.2. The van der Waals surface area contributed by atoms with Crippen LogP contribution in [0.1, 0.15) is 51.9 Å². The molecule has 1 atom stereocenters. The van der Waals surface area contributed by atoms with Gasteiger partial charge in [-0.05, 0) is 38.1 Å². The molecule has 1 aliphatic carbocycles. The maximum atomic E-state index is 12.3. The molecule has 1 unspecified atom stereocenters. The quantitative estimate of drug-likeness (QED) is 0.771. The lowest BCUT2D eigenvalue weighted by atomic mass is 9.83. The number of amides is 2. The van der Waals surface area contributed by atoms with Gasteiger partial charge in [-0.1, -0.05) is 26.2 Å². The molecular formula is C16H29N3O2. The topological polar surface area (TPSA) is 61.4 Å². The van der Waals surface area contributed by atoms with Gasteiger partial charge in [0, 0.05) is 25.7 Å². The molecule has 2 N–H and O–H groups in total. The van der Waals surface area contributed by atoms with Gasteiger partial charge in [-0.3, -0.25) is 9.59 Å². The second kappa shape index (κ2) is 8.37. The highest BCUT2D eigenvalue weighted by molar-refractivity contribution is 6.35. The fourth-order valence-electron chi connectivity index (χ4n) is 3.51. The maximum absolute atomic E-state index is 12.3. The standard InChI is InChI=1S/C16H29N3O2/c1-2-14(13-7-4-3-5-8-13)18-15(20)16(21)19-11-6-9-17-10-12-19/h13-14,17H,2-12H2,1H3,(H,18,20). The van der Waals surface area contributed by atoms with Gasteiger partial charge < -0.3 is 15.5 Å². The van der Waals surface area contributed by atoms with E-state index in [0.717, 1.165) is 25.9 Å². The summed E-state index contributed by atoms with van der Waals surface area (Å²) in [5.74, 6) is -0.214. The van der Waals surface area contributed by atoms with Crippen molar-refractivity contribution in [3.05, 3.63) is 0 Å². The Labute approximate surface area is 127 Å². The van der Waals surface area contributed by atoms with Crippen molar-refractivity contribution in [2.45, 2.75) is 57.9 Å². The van der Waals surface area contributed by atoms with E-state index in [1.54, 1.807) is 4.90 Å². The molecule has 2 amide bonds. The van der Waals surface area contributed by atoms with Crippen LogP contribution in [-0.2, 0) is 9.59 Å². The number of carbonyl (C=O) groups excluding carboxylic acids is 2. The van der Waals surface area contributed by atoms with Gasteiger partial charge in [0.1, 0.15) is 0 Å². The summed E-state index contributed by atoms with van der Waals surface area (Å²) in [5.41, 5.74) is 0. The van der Waals surface area contributed by atoms with Crippen molar-refractivity contribution in [1.29, 1.82) is 0 Å². The van der Waals surface area contributed by atoms with Gasteiger partial charge in [0.25, 0.3) is 0 Å². The van der Waals surface area contributed by atoms with Gasteiger partial charge in [-0.15, -0.1) is 0 Å². The zero-order chi connectivity index (χ0) is 15.1. The number of hydrogen-bond acceptors (Lipinski definition) is 3. The van der Waals surface area contributed by atoms with Gasteiger partial charge in [0.15, 0.2) is 0 Å². The second-order valence-corrected chi connectivity index (χ2v) is 6.28. The van der Waals surface area contributed by atoms with E-state index in [1.807, 2.05) is 0 Å². The highest BCUT2D eigenvalue weighted by Crippen LogP contribution is 2.27. The summed E-state index contributed by atoms with van der Waals surface area (Å²) in [7, 11) is 0. The average Bonchev–Trinajstić information content (AvgIpc) is 2.81. The predicted molar refractivity (Wildman–Crippen MR) is 82.9 cm³/mol. The van der Waals surface area contributed by atoms with Crippen LogP contribution < -0.4 is 10.6 Å². The van der Waals surface area contributed by atoms with Crippen LogP contribution in [0.15, 0.2) is 0 Å². The summed E-state index contributed by atoms with van der Waals surface area (Å²) in [5, 5.41) is 6.25. The van der Waals surface area contributed by atoms with Crippen molar-refractivity contribution in [1.82, 2.24) is 15.5 Å². The van der Waals surface area contributed by atoms with Crippen molar-refractivity contribution in [3.63, 3.8) is 0 Å². The number of rotatable bonds is 3. The van der Waals surface area contributed by atoms with Gasteiger partial charge in [-0.2, -0.15) is 0 Å². The second-order valence-electron chi connectivity index (χ2n) is 6.28. The van der Waals surface area contributed by atoms with E-state index in [4.69, 9.17) is 0 Å². The van der Waals surface area contributed by atoms with Crippen LogP contribution in [0.2, 0.25) is 0 Å². The molecule has 0 bridgehead atoms. The lowest BCUT2D eigenvalue weighted by Crippen LogP contribution is -2.49. The maximum Gasteiger partial charge on any atom is 0.311 e. The molecule has 0 spiro atoms. The van der Waals surface area contributed by atoms with E-state index >= 15 is 0 Å². The molecule has 5 nitrogen and oxygen atoms in total. The molecule has 2 aliphatic rings. The van der Waals surface area contributed by atoms with E-state index in [2.05, 4.69) is 17.6 Å². The average molecular weight is 295 g/mol. The highest BCUT2D eigenvalue weighted by Gasteiger charge is 2.28. The van der Waals surface area contributed by atoms with Crippen LogP contribution in [0, 0.1) is 5.92 Å². The third-order valence-electron chi connectivity index (χ3n) is 4.80. The summed E-state index contributed by atoms with van der Waals surface area (Å²) in [6, 6.07) is 0.159. The van der Waals surface area contributed by atoms with E-state index in [9.17, 15) is 9.59 Å². The molecule has 21 heavy (non-hydrogen) atoms. The summed E-state index contributed by atoms with van der Waals surface area (Å²) in [4.78, 5) is 26.2. The molecule has 120 valence electrons. The Bertz CT molecular complexity index is 345. The van der Waals surface area contributed by atoms with Gasteiger partial charge in [0.2, 0.25) is 0 Å². The Morgan fingerprint density at radius 1 is 1.14 bits per heavy atom. The molecule has 0 radical (unpaired) electrons. The van der Waals surface area contributed by atoms with Crippen LogP contribution >= 0.6 is 0 Å². The molecule has 2 rings (SSSR count). The minimum atomic E-state index is -0.408. The van der Waals surface area contributed by atoms with E-state index < -0.39 is 5.91 Å². The van der Waals surface area contributed by atoms with E-state index in [1.165, 1.54) is 32.1 Å². The Balaban J connectivity index is 1.86. The van der Waals surface area contributed by atoms with Gasteiger partial charge in [0.05, 0.1) is 0 Å². The Morgan fingerprint density at radius 2 is 1.90 bits per heavy atom. The highest BCUT2D eigenvalue weighted by atomic mass is 16.2. The third kappa shape index (κ3) is 4.70. The Kier molecular flexibility index (Phi) is 6.49. The van der Waals surface area contributed by atoms with E-state index in [-0.39, 0.29) is 11.9 Å². The van der Waals surface area contributed by atoms with Crippen molar-refractivity contribution in [2.24, 2.45) is 5.92 Å². The molecule has 2 fully saturated rings. The third-order valence-corrected chi connectivity index (χ3v) is 4.80. The largest absolute Gasteiger partial charge is 0.345 e. The fraction of sp³-hybridized carbons (Fsp3) is 0.875. The van der Waals surface area contributed by atoms with Crippen molar-refractivity contribution in [2.75, 3.05) is 26.2 Å². The lowest BCUT2D eigenvalue weighted by molar-refractivity contribution is -0.146. The van der Waals surface area contributed by atoms with Crippen LogP contribution in [0.25, 0.3) is 0 Å². The summed E-state index contributed by atoms with van der Waals surface area (Å²) >= 11 is 0. The number of hydrogen-bond donors (Lipinski definition) is 2. The number of carbonyl (C=O) groups is 2. The van der Waals surface area contributed by atoms with Crippen LogP contribution in [0.5, 0.6) is 0 Å². The monoisotopic (exact) mass is 295 g/mol. The zero-order valence-electron chi connectivity index (χ0n) is 13.2. The first-order valence-corrected chi connectivity index (χ1v) is 8.53. The minimum Gasteiger partial charge on any atom is -0.345 e. The summed E-state index contributed by atoms with van der Waals surface area (Å²) < 4.78 is 0. The molecule has 0 aromatic carbocycles. The van der Waals surface area contributed by atoms with Gasteiger partial charge >= 0.3 is 11.8 Å². The smallest absolute Gasteiger partial charge is 0.311 e. The molecule has 1 aliphatic heterocycles. The molecule has 1 heterocycles. The van der Waals surface area contributed by atoms with Crippen LogP contribution in [0.3, 0.4) is 0 Å². The normalized spacial score (nSPS) is 22.4. The summed E-state index contributed by atoms with van der Waals surface area (Å²) in [6.07, 6.45) is 8.00. The molecule has 1 saturated carbocycles. The molecule has 1 saturated heterocycles. The van der Waals surface area contributed by atoms with E-state index in [0.29, 0.717) is 19.0 Å². The summed E-state index contributed by atoms with van der Waals surface area (Å²) in [6.45, 7) is 5.11. The Morgan fingerprint density at radius 3 is 2.62 bits per heavy atom.